The highest BCUT2D eigenvalue weighted by Gasteiger charge is 2.08. The lowest BCUT2D eigenvalue weighted by Gasteiger charge is -2.00. The minimum Gasteiger partial charge on any atom is -0.504 e. The molecule has 0 amide bonds. The van der Waals surface area contributed by atoms with E-state index in [0.717, 1.165) is 5.56 Å². The number of halogens is 2. The average Bonchev–Trinajstić information content (AvgIpc) is 3.06. The van der Waals surface area contributed by atoms with Crippen molar-refractivity contribution in [2.24, 2.45) is 4.99 Å². The summed E-state index contributed by atoms with van der Waals surface area (Å²) >= 11 is 5.96. The molecule has 0 aliphatic carbocycles. The summed E-state index contributed by atoms with van der Waals surface area (Å²) < 4.78 is 19.0. The van der Waals surface area contributed by atoms with Crippen LogP contribution in [0.2, 0.25) is 5.02 Å². The number of hydrogen-bond donors (Lipinski definition) is 1. The van der Waals surface area contributed by atoms with Crippen molar-refractivity contribution >= 4 is 34.6 Å². The summed E-state index contributed by atoms with van der Waals surface area (Å²) in [5, 5.41) is 10.3. The highest BCUT2D eigenvalue weighted by molar-refractivity contribution is 6.31. The number of nitrogens with zero attached hydrogens (tertiary/aromatic N) is 2. The largest absolute Gasteiger partial charge is 0.504 e. The van der Waals surface area contributed by atoms with E-state index in [-0.39, 0.29) is 0 Å². The van der Waals surface area contributed by atoms with Crippen molar-refractivity contribution in [1.82, 2.24) is 4.98 Å². The van der Waals surface area contributed by atoms with Crippen LogP contribution in [0.15, 0.2) is 70.1 Å². The van der Waals surface area contributed by atoms with Gasteiger partial charge in [0.25, 0.3) is 0 Å². The molecule has 4 nitrogen and oxygen atoms in total. The summed E-state index contributed by atoms with van der Waals surface area (Å²) in [6.07, 6.45) is 1.41. The van der Waals surface area contributed by atoms with Crippen molar-refractivity contribution in [1.29, 1.82) is 0 Å². The van der Waals surface area contributed by atoms with Crippen LogP contribution in [0.3, 0.4) is 0 Å². The molecular weight excluding hydrogens is 355 g/mol. The maximum Gasteiger partial charge on any atom is 0.227 e. The molecule has 0 aliphatic heterocycles. The highest BCUT2D eigenvalue weighted by atomic mass is 35.5. The molecule has 3 aromatic carbocycles. The lowest BCUT2D eigenvalue weighted by Crippen LogP contribution is -1.85. The molecule has 26 heavy (non-hydrogen) atoms. The third-order valence-corrected chi connectivity index (χ3v) is 4.07. The second-order valence-corrected chi connectivity index (χ2v) is 6.05. The Labute approximate surface area is 153 Å². The minimum atomic E-state index is -0.680. The molecule has 0 bridgehead atoms. The summed E-state index contributed by atoms with van der Waals surface area (Å²) in [7, 11) is 0. The summed E-state index contributed by atoms with van der Waals surface area (Å²) in [4.78, 5) is 8.67. The average molecular weight is 367 g/mol. The molecule has 6 heteroatoms. The zero-order valence-electron chi connectivity index (χ0n) is 13.4. The summed E-state index contributed by atoms with van der Waals surface area (Å²) in [6.45, 7) is 0. The maximum absolute atomic E-state index is 13.3. The van der Waals surface area contributed by atoms with E-state index in [0.29, 0.717) is 33.3 Å². The fourth-order valence-corrected chi connectivity index (χ4v) is 2.66. The number of phenols is 1. The van der Waals surface area contributed by atoms with Crippen LogP contribution in [-0.4, -0.2) is 16.3 Å². The second-order valence-electron chi connectivity index (χ2n) is 5.61. The van der Waals surface area contributed by atoms with Crippen LogP contribution in [-0.2, 0) is 0 Å². The van der Waals surface area contributed by atoms with Crippen molar-refractivity contribution in [3.05, 3.63) is 77.1 Å². The van der Waals surface area contributed by atoms with Crippen LogP contribution in [0.5, 0.6) is 5.75 Å². The SMILES string of the molecule is Oc1c(F)cccc1C=Nc1ccc(-c2nc3cc(Cl)ccc3o2)cc1. The Bertz CT molecular complexity index is 1120. The number of hydrogen-bond acceptors (Lipinski definition) is 4. The predicted molar refractivity (Wildman–Crippen MR) is 99.8 cm³/mol. The molecule has 0 radical (unpaired) electrons. The van der Waals surface area contributed by atoms with E-state index in [1.807, 2.05) is 12.1 Å². The van der Waals surface area contributed by atoms with Gasteiger partial charge >= 0.3 is 0 Å². The molecule has 4 rings (SSSR count). The van der Waals surface area contributed by atoms with Gasteiger partial charge in [0.05, 0.1) is 5.69 Å². The number of rotatable bonds is 3. The van der Waals surface area contributed by atoms with Gasteiger partial charge in [-0.25, -0.2) is 9.37 Å². The molecule has 1 aromatic heterocycles. The number of para-hydroxylation sites is 1. The van der Waals surface area contributed by atoms with E-state index >= 15 is 0 Å². The van der Waals surface area contributed by atoms with Gasteiger partial charge in [0.2, 0.25) is 5.89 Å². The fourth-order valence-electron chi connectivity index (χ4n) is 2.49. The third kappa shape index (κ3) is 3.17. The summed E-state index contributed by atoms with van der Waals surface area (Å²) in [5.74, 6) is -0.612. The van der Waals surface area contributed by atoms with Crippen LogP contribution in [0.1, 0.15) is 5.56 Å². The van der Waals surface area contributed by atoms with Gasteiger partial charge in [0.15, 0.2) is 17.1 Å². The Kier molecular flexibility index (Phi) is 4.14. The first kappa shape index (κ1) is 16.3. The Balaban J connectivity index is 1.59. The molecule has 0 spiro atoms. The van der Waals surface area contributed by atoms with E-state index in [1.54, 1.807) is 36.4 Å². The third-order valence-electron chi connectivity index (χ3n) is 3.83. The van der Waals surface area contributed by atoms with Gasteiger partial charge < -0.3 is 9.52 Å². The zero-order chi connectivity index (χ0) is 18.1. The molecule has 4 aromatic rings. The van der Waals surface area contributed by atoms with E-state index in [4.69, 9.17) is 16.0 Å². The first-order chi connectivity index (χ1) is 12.6. The van der Waals surface area contributed by atoms with Crippen molar-refractivity contribution in [3.8, 4) is 17.2 Å². The second kappa shape index (κ2) is 6.61. The predicted octanol–water partition coefficient (Wildman–Crippen LogP) is 5.74. The van der Waals surface area contributed by atoms with Gasteiger partial charge in [-0.1, -0.05) is 17.7 Å². The molecule has 0 atom stereocenters. The number of benzene rings is 3. The molecular formula is C20H12ClFN2O2. The number of phenolic OH excluding ortho intramolecular Hbond substituents is 1. The fraction of sp³-hybridized carbons (Fsp3) is 0. The van der Waals surface area contributed by atoms with Crippen molar-refractivity contribution < 1.29 is 13.9 Å². The van der Waals surface area contributed by atoms with E-state index in [2.05, 4.69) is 9.98 Å². The first-order valence-electron chi connectivity index (χ1n) is 7.78. The molecule has 0 unspecified atom stereocenters. The topological polar surface area (TPSA) is 58.6 Å². The Morgan fingerprint density at radius 3 is 2.69 bits per heavy atom. The van der Waals surface area contributed by atoms with Crippen LogP contribution < -0.4 is 0 Å². The van der Waals surface area contributed by atoms with Crippen LogP contribution >= 0.6 is 11.6 Å². The Hall–Kier alpha value is -3.18. The number of fused-ring (bicyclic) bond motifs is 1. The van der Waals surface area contributed by atoms with Crippen LogP contribution in [0.4, 0.5) is 10.1 Å². The molecule has 0 saturated carbocycles. The molecule has 0 saturated heterocycles. The highest BCUT2D eigenvalue weighted by Crippen LogP contribution is 2.27. The minimum absolute atomic E-state index is 0.310. The number of aromatic nitrogens is 1. The Morgan fingerprint density at radius 2 is 1.88 bits per heavy atom. The quantitative estimate of drug-likeness (QED) is 0.470. The maximum atomic E-state index is 13.3. The van der Waals surface area contributed by atoms with Crippen molar-refractivity contribution in [3.63, 3.8) is 0 Å². The van der Waals surface area contributed by atoms with E-state index in [1.165, 1.54) is 18.3 Å². The molecule has 1 heterocycles. The first-order valence-corrected chi connectivity index (χ1v) is 8.16. The van der Waals surface area contributed by atoms with Gasteiger partial charge in [0.1, 0.15) is 5.52 Å². The van der Waals surface area contributed by atoms with Crippen molar-refractivity contribution in [2.75, 3.05) is 0 Å². The van der Waals surface area contributed by atoms with Gasteiger partial charge in [-0.3, -0.25) is 4.99 Å². The molecule has 0 fully saturated rings. The standard InChI is InChI=1S/C20H12ClFN2O2/c21-14-6-9-18-17(10-14)24-20(26-18)12-4-7-15(8-5-12)23-11-13-2-1-3-16(22)19(13)25/h1-11,25H. The van der Waals surface area contributed by atoms with Crippen LogP contribution in [0.25, 0.3) is 22.6 Å². The van der Waals surface area contributed by atoms with Gasteiger partial charge in [-0.2, -0.15) is 0 Å². The lowest BCUT2D eigenvalue weighted by molar-refractivity contribution is 0.431. The van der Waals surface area contributed by atoms with Crippen LogP contribution in [0, 0.1) is 5.82 Å². The zero-order valence-corrected chi connectivity index (χ0v) is 14.1. The molecule has 128 valence electrons. The van der Waals surface area contributed by atoms with Gasteiger partial charge in [-0.05, 0) is 54.6 Å². The summed E-state index contributed by atoms with van der Waals surface area (Å²) in [6, 6.07) is 16.8. The normalized spacial score (nSPS) is 11.5. The monoisotopic (exact) mass is 366 g/mol. The van der Waals surface area contributed by atoms with Crippen molar-refractivity contribution in [2.45, 2.75) is 0 Å². The molecule has 0 aliphatic rings. The lowest BCUT2D eigenvalue weighted by atomic mass is 10.2. The number of aliphatic imine (C=N–C) groups is 1. The smallest absolute Gasteiger partial charge is 0.227 e. The van der Waals surface area contributed by atoms with E-state index < -0.39 is 11.6 Å². The number of oxazole rings is 1. The number of aromatic hydroxyl groups is 1. The Morgan fingerprint density at radius 1 is 1.08 bits per heavy atom. The van der Waals surface area contributed by atoms with E-state index in [9.17, 15) is 9.50 Å². The van der Waals surface area contributed by atoms with Gasteiger partial charge in [-0.15, -0.1) is 0 Å². The summed E-state index contributed by atoms with van der Waals surface area (Å²) in [5.41, 5.74) is 3.11. The van der Waals surface area contributed by atoms with Gasteiger partial charge in [0, 0.05) is 22.4 Å². The molecule has 1 N–H and O–H groups in total.